The molecule has 2 rings (SSSR count). The van der Waals surface area contributed by atoms with Crippen LogP contribution in [0.25, 0.3) is 0 Å². The summed E-state index contributed by atoms with van der Waals surface area (Å²) in [5, 5.41) is 14.1. The van der Waals surface area contributed by atoms with E-state index in [1.165, 1.54) is 6.07 Å². The fourth-order valence-electron chi connectivity index (χ4n) is 1.88. The highest BCUT2D eigenvalue weighted by molar-refractivity contribution is 5.97. The average molecular weight is 243 g/mol. The second kappa shape index (κ2) is 5.32. The summed E-state index contributed by atoms with van der Waals surface area (Å²) in [5.41, 5.74) is 0.822. The summed E-state index contributed by atoms with van der Waals surface area (Å²) < 4.78 is 0. The molecule has 1 aromatic rings. The van der Waals surface area contributed by atoms with Crippen molar-refractivity contribution in [3.05, 3.63) is 35.4 Å². The summed E-state index contributed by atoms with van der Waals surface area (Å²) >= 11 is 0. The molecule has 0 saturated carbocycles. The van der Waals surface area contributed by atoms with Crippen LogP contribution in [0, 0.1) is 11.3 Å². The van der Waals surface area contributed by atoms with Gasteiger partial charge in [-0.2, -0.15) is 5.26 Å². The predicted octanol–water partition coefficient (Wildman–Crippen LogP) is 0.567. The van der Waals surface area contributed by atoms with Crippen LogP contribution in [-0.4, -0.2) is 24.4 Å². The lowest BCUT2D eigenvalue weighted by Crippen LogP contribution is -2.50. The predicted molar refractivity (Wildman–Crippen MR) is 64.7 cm³/mol. The van der Waals surface area contributed by atoms with Crippen molar-refractivity contribution in [2.45, 2.75) is 18.9 Å². The molecule has 18 heavy (non-hydrogen) atoms. The van der Waals surface area contributed by atoms with E-state index in [1.807, 2.05) is 6.07 Å². The first-order valence-corrected chi connectivity index (χ1v) is 5.79. The summed E-state index contributed by atoms with van der Waals surface area (Å²) in [5.74, 6) is -0.472. The van der Waals surface area contributed by atoms with Crippen molar-refractivity contribution < 1.29 is 9.59 Å². The Kier molecular flexibility index (Phi) is 3.58. The van der Waals surface area contributed by atoms with Crippen LogP contribution in [0.1, 0.15) is 28.8 Å². The van der Waals surface area contributed by atoms with Gasteiger partial charge in [0.2, 0.25) is 5.91 Å². The van der Waals surface area contributed by atoms with E-state index in [0.29, 0.717) is 24.1 Å². The zero-order chi connectivity index (χ0) is 13.0. The van der Waals surface area contributed by atoms with E-state index in [9.17, 15) is 9.59 Å². The average Bonchev–Trinajstić information content (AvgIpc) is 2.41. The molecular weight excluding hydrogens is 230 g/mol. The fourth-order valence-corrected chi connectivity index (χ4v) is 1.88. The third kappa shape index (κ3) is 2.66. The summed E-state index contributed by atoms with van der Waals surface area (Å²) in [7, 11) is 0. The Balaban J connectivity index is 2.07. The quantitative estimate of drug-likeness (QED) is 0.796. The van der Waals surface area contributed by atoms with Crippen molar-refractivity contribution in [1.29, 1.82) is 5.26 Å². The van der Waals surface area contributed by atoms with Crippen LogP contribution in [0.4, 0.5) is 0 Å². The molecule has 92 valence electrons. The van der Waals surface area contributed by atoms with Gasteiger partial charge in [-0.25, -0.2) is 0 Å². The number of piperidine rings is 1. The second-order valence-corrected chi connectivity index (χ2v) is 4.15. The second-order valence-electron chi connectivity index (χ2n) is 4.15. The highest BCUT2D eigenvalue weighted by atomic mass is 16.2. The fraction of sp³-hybridized carbons (Fsp3) is 0.308. The summed E-state index contributed by atoms with van der Waals surface area (Å²) in [6, 6.07) is 7.91. The molecule has 1 fully saturated rings. The van der Waals surface area contributed by atoms with Gasteiger partial charge in [0, 0.05) is 12.1 Å². The standard InChI is InChI=1S/C13H13N3O2/c14-8-9-3-1-4-10(7-9)12(17)16-11-5-2-6-15-13(11)18/h1,3-4,7,11H,2,5-6H2,(H,15,18)(H,16,17). The number of hydrogen-bond acceptors (Lipinski definition) is 3. The number of hydrogen-bond donors (Lipinski definition) is 2. The smallest absolute Gasteiger partial charge is 0.251 e. The molecule has 1 unspecified atom stereocenters. The van der Waals surface area contributed by atoms with Crippen molar-refractivity contribution in [1.82, 2.24) is 10.6 Å². The molecule has 1 aromatic carbocycles. The molecule has 1 heterocycles. The van der Waals surface area contributed by atoms with E-state index in [0.717, 1.165) is 6.42 Å². The largest absolute Gasteiger partial charge is 0.354 e. The minimum absolute atomic E-state index is 0.147. The number of carbonyl (C=O) groups excluding carboxylic acids is 2. The van der Waals surface area contributed by atoms with Gasteiger partial charge in [0.1, 0.15) is 6.04 Å². The molecule has 2 N–H and O–H groups in total. The van der Waals surface area contributed by atoms with Gasteiger partial charge >= 0.3 is 0 Å². The third-order valence-corrected chi connectivity index (χ3v) is 2.84. The van der Waals surface area contributed by atoms with Gasteiger partial charge in [-0.1, -0.05) is 6.07 Å². The van der Waals surface area contributed by atoms with Gasteiger partial charge in [0.25, 0.3) is 5.91 Å². The number of amides is 2. The van der Waals surface area contributed by atoms with Crippen molar-refractivity contribution in [3.63, 3.8) is 0 Å². The lowest BCUT2D eigenvalue weighted by atomic mass is 10.1. The Morgan fingerprint density at radius 3 is 3.06 bits per heavy atom. The summed E-state index contributed by atoms with van der Waals surface area (Å²) in [4.78, 5) is 23.4. The first-order chi connectivity index (χ1) is 8.70. The molecule has 1 atom stereocenters. The van der Waals surface area contributed by atoms with E-state index < -0.39 is 6.04 Å². The summed E-state index contributed by atoms with van der Waals surface area (Å²) in [6.07, 6.45) is 1.50. The molecule has 0 aromatic heterocycles. The van der Waals surface area contributed by atoms with Crippen LogP contribution >= 0.6 is 0 Å². The first kappa shape index (κ1) is 12.1. The van der Waals surface area contributed by atoms with Crippen LogP contribution in [0.3, 0.4) is 0 Å². The monoisotopic (exact) mass is 243 g/mol. The first-order valence-electron chi connectivity index (χ1n) is 5.79. The number of rotatable bonds is 2. The van der Waals surface area contributed by atoms with Gasteiger partial charge < -0.3 is 10.6 Å². The van der Waals surface area contributed by atoms with E-state index in [4.69, 9.17) is 5.26 Å². The normalized spacial score (nSPS) is 18.6. The van der Waals surface area contributed by atoms with Crippen molar-refractivity contribution in [3.8, 4) is 6.07 Å². The minimum atomic E-state index is -0.475. The molecular formula is C13H13N3O2. The SMILES string of the molecule is N#Cc1cccc(C(=O)NC2CCCNC2=O)c1. The molecule has 0 aliphatic carbocycles. The number of nitriles is 1. The molecule has 1 aliphatic rings. The van der Waals surface area contributed by atoms with Crippen molar-refractivity contribution in [2.75, 3.05) is 6.54 Å². The lowest BCUT2D eigenvalue weighted by Gasteiger charge is -2.22. The van der Waals surface area contributed by atoms with Gasteiger partial charge in [-0.15, -0.1) is 0 Å². The number of nitrogens with zero attached hydrogens (tertiary/aromatic N) is 1. The molecule has 2 amide bonds. The Labute approximate surface area is 105 Å². The van der Waals surface area contributed by atoms with Crippen LogP contribution < -0.4 is 10.6 Å². The molecule has 1 aliphatic heterocycles. The number of carbonyl (C=O) groups is 2. The third-order valence-electron chi connectivity index (χ3n) is 2.84. The van der Waals surface area contributed by atoms with E-state index >= 15 is 0 Å². The lowest BCUT2D eigenvalue weighted by molar-refractivity contribution is -0.124. The van der Waals surface area contributed by atoms with E-state index in [1.54, 1.807) is 18.2 Å². The van der Waals surface area contributed by atoms with Gasteiger partial charge in [-0.3, -0.25) is 9.59 Å². The van der Waals surface area contributed by atoms with Gasteiger partial charge in [0.15, 0.2) is 0 Å². The maximum Gasteiger partial charge on any atom is 0.251 e. The van der Waals surface area contributed by atoms with Crippen LogP contribution in [0.2, 0.25) is 0 Å². The summed E-state index contributed by atoms with van der Waals surface area (Å²) in [6.45, 7) is 0.662. The van der Waals surface area contributed by atoms with Gasteiger partial charge in [-0.05, 0) is 31.0 Å². The zero-order valence-corrected chi connectivity index (χ0v) is 9.77. The zero-order valence-electron chi connectivity index (χ0n) is 9.77. The molecule has 0 radical (unpaired) electrons. The molecule has 1 saturated heterocycles. The minimum Gasteiger partial charge on any atom is -0.354 e. The maximum absolute atomic E-state index is 11.9. The van der Waals surface area contributed by atoms with Crippen LogP contribution in [0.15, 0.2) is 24.3 Å². The number of benzene rings is 1. The maximum atomic E-state index is 11.9. The molecule has 0 spiro atoms. The molecule has 0 bridgehead atoms. The Bertz CT molecular complexity index is 519. The Morgan fingerprint density at radius 1 is 1.50 bits per heavy atom. The van der Waals surface area contributed by atoms with Crippen molar-refractivity contribution in [2.24, 2.45) is 0 Å². The Morgan fingerprint density at radius 2 is 2.33 bits per heavy atom. The Hall–Kier alpha value is -2.35. The number of nitrogens with one attached hydrogen (secondary N) is 2. The molecule has 5 nitrogen and oxygen atoms in total. The topological polar surface area (TPSA) is 82.0 Å². The van der Waals surface area contributed by atoms with E-state index in [-0.39, 0.29) is 11.8 Å². The molecule has 5 heteroatoms. The highest BCUT2D eigenvalue weighted by Gasteiger charge is 2.23. The van der Waals surface area contributed by atoms with Crippen LogP contribution in [-0.2, 0) is 4.79 Å². The van der Waals surface area contributed by atoms with Gasteiger partial charge in [0.05, 0.1) is 11.6 Å². The van der Waals surface area contributed by atoms with E-state index in [2.05, 4.69) is 10.6 Å². The highest BCUT2D eigenvalue weighted by Crippen LogP contribution is 2.07. The van der Waals surface area contributed by atoms with Crippen LogP contribution in [0.5, 0.6) is 0 Å². The van der Waals surface area contributed by atoms with Crippen molar-refractivity contribution >= 4 is 11.8 Å².